The highest BCUT2D eigenvalue weighted by Crippen LogP contribution is 2.28. The van der Waals surface area contributed by atoms with E-state index in [4.69, 9.17) is 34.8 Å². The molecule has 3 N–H and O–H groups in total. The molecule has 2 unspecified atom stereocenters. The van der Waals surface area contributed by atoms with E-state index in [2.05, 4.69) is 26.1 Å². The van der Waals surface area contributed by atoms with Gasteiger partial charge in [-0.1, -0.05) is 78.5 Å². The zero-order chi connectivity index (χ0) is 23.3. The molecule has 0 saturated carbocycles. The maximum atomic E-state index is 12.9. The Kier molecular flexibility index (Phi) is 8.31. The van der Waals surface area contributed by atoms with Gasteiger partial charge in [-0.3, -0.25) is 10.1 Å². The Morgan fingerprint density at radius 1 is 1.00 bits per heavy atom. The summed E-state index contributed by atoms with van der Waals surface area (Å²) in [5, 5.41) is 18.6. The van der Waals surface area contributed by atoms with Crippen LogP contribution in [0.2, 0.25) is 15.1 Å². The fraction of sp³-hybridized carbons (Fsp3) is 0.238. The Hall–Kier alpha value is -2.39. The van der Waals surface area contributed by atoms with Crippen LogP contribution in [0.5, 0.6) is 0 Å². The molecule has 2 aromatic carbocycles. The number of hydrogen-bond acceptors (Lipinski definition) is 5. The van der Waals surface area contributed by atoms with Crippen molar-refractivity contribution in [3.63, 3.8) is 0 Å². The molecule has 0 bridgehead atoms. The Morgan fingerprint density at radius 2 is 1.72 bits per heavy atom. The summed E-state index contributed by atoms with van der Waals surface area (Å²) in [4.78, 5) is 25.4. The summed E-state index contributed by atoms with van der Waals surface area (Å²) >= 11 is 19.0. The summed E-state index contributed by atoms with van der Waals surface area (Å²) in [6.45, 7) is 3.82. The topological polar surface area (TPSA) is 96.0 Å². The molecule has 3 aromatic rings. The predicted octanol–water partition coefficient (Wildman–Crippen LogP) is 6.34. The highest BCUT2D eigenvalue weighted by molar-refractivity contribution is 7.18. The molecule has 0 spiro atoms. The molecule has 3 amide bonds. The van der Waals surface area contributed by atoms with E-state index in [0.29, 0.717) is 37.3 Å². The summed E-state index contributed by atoms with van der Waals surface area (Å²) < 4.78 is 0. The van der Waals surface area contributed by atoms with Crippen molar-refractivity contribution < 1.29 is 9.59 Å². The van der Waals surface area contributed by atoms with Crippen LogP contribution in [-0.4, -0.2) is 28.2 Å². The highest BCUT2D eigenvalue weighted by atomic mass is 35.5. The van der Waals surface area contributed by atoms with Gasteiger partial charge in [-0.25, -0.2) is 4.79 Å². The van der Waals surface area contributed by atoms with Gasteiger partial charge in [-0.15, -0.1) is 10.2 Å². The highest BCUT2D eigenvalue weighted by Gasteiger charge is 2.27. The minimum Gasteiger partial charge on any atom is -0.326 e. The number of nitrogens with one attached hydrogen (secondary N) is 3. The molecule has 2 atom stereocenters. The smallest absolute Gasteiger partial charge is 0.319 e. The summed E-state index contributed by atoms with van der Waals surface area (Å²) in [7, 11) is 0. The second-order valence-corrected chi connectivity index (χ2v) is 9.23. The van der Waals surface area contributed by atoms with Gasteiger partial charge in [-0.05, 0) is 36.2 Å². The molecule has 0 fully saturated rings. The van der Waals surface area contributed by atoms with Crippen LogP contribution in [-0.2, 0) is 4.79 Å². The third-order valence-corrected chi connectivity index (χ3v) is 6.58. The molecule has 1 aromatic heterocycles. The summed E-state index contributed by atoms with van der Waals surface area (Å²) in [5.74, 6) is -0.513. The molecule has 0 aliphatic rings. The summed E-state index contributed by atoms with van der Waals surface area (Å²) in [6.07, 6.45) is 0.678. The van der Waals surface area contributed by atoms with Crippen LogP contribution in [0.3, 0.4) is 0 Å². The van der Waals surface area contributed by atoms with Crippen LogP contribution in [0.4, 0.5) is 15.6 Å². The number of carbonyl (C=O) groups is 2. The van der Waals surface area contributed by atoms with Crippen molar-refractivity contribution in [2.45, 2.75) is 26.3 Å². The third kappa shape index (κ3) is 6.32. The van der Waals surface area contributed by atoms with E-state index in [-0.39, 0.29) is 11.8 Å². The second-order valence-electron chi connectivity index (χ2n) is 7.00. The minimum atomic E-state index is -0.786. The van der Waals surface area contributed by atoms with E-state index < -0.39 is 12.1 Å². The number of benzene rings is 2. The lowest BCUT2D eigenvalue weighted by atomic mass is 9.98. The van der Waals surface area contributed by atoms with Gasteiger partial charge in [0.05, 0.1) is 10.0 Å². The first kappa shape index (κ1) is 24.3. The molecule has 0 saturated heterocycles. The number of carbonyl (C=O) groups excluding carboxylic acids is 2. The van der Waals surface area contributed by atoms with Gasteiger partial charge in [0.25, 0.3) is 0 Å². The Balaban J connectivity index is 1.67. The summed E-state index contributed by atoms with van der Waals surface area (Å²) in [6, 6.07) is 10.6. The molecule has 1 heterocycles. The van der Waals surface area contributed by atoms with Crippen LogP contribution >= 0.6 is 46.1 Å². The van der Waals surface area contributed by atoms with E-state index >= 15 is 0 Å². The van der Waals surface area contributed by atoms with Crippen LogP contribution < -0.4 is 16.0 Å². The van der Waals surface area contributed by atoms with Crippen LogP contribution in [0.15, 0.2) is 42.5 Å². The van der Waals surface area contributed by atoms with Gasteiger partial charge in [0.15, 0.2) is 0 Å². The van der Waals surface area contributed by atoms with Gasteiger partial charge >= 0.3 is 6.03 Å². The van der Waals surface area contributed by atoms with Crippen molar-refractivity contribution in [2.75, 3.05) is 10.6 Å². The zero-order valence-corrected chi connectivity index (χ0v) is 20.2. The zero-order valence-electron chi connectivity index (χ0n) is 17.2. The van der Waals surface area contributed by atoms with Crippen molar-refractivity contribution in [3.05, 3.63) is 57.5 Å². The molecular weight excluding hydrogens is 493 g/mol. The first-order valence-electron chi connectivity index (χ1n) is 9.69. The van der Waals surface area contributed by atoms with E-state index in [1.54, 1.807) is 24.3 Å². The van der Waals surface area contributed by atoms with Gasteiger partial charge < -0.3 is 10.6 Å². The lowest BCUT2D eigenvalue weighted by molar-refractivity contribution is -0.119. The molecular formula is C21H20Cl3N5O2S. The second kappa shape index (κ2) is 11.0. The maximum Gasteiger partial charge on any atom is 0.319 e. The van der Waals surface area contributed by atoms with Crippen molar-refractivity contribution in [2.24, 2.45) is 5.92 Å². The number of hydrogen-bond donors (Lipinski definition) is 3. The quantitative estimate of drug-likeness (QED) is 0.344. The van der Waals surface area contributed by atoms with Crippen molar-refractivity contribution in [1.82, 2.24) is 15.5 Å². The largest absolute Gasteiger partial charge is 0.326 e. The van der Waals surface area contributed by atoms with Gasteiger partial charge in [0.1, 0.15) is 11.0 Å². The number of urea groups is 1. The van der Waals surface area contributed by atoms with Gasteiger partial charge in [0.2, 0.25) is 11.0 Å². The summed E-state index contributed by atoms with van der Waals surface area (Å²) in [5.41, 5.74) is 1.29. The number of anilines is 2. The maximum absolute atomic E-state index is 12.9. The van der Waals surface area contributed by atoms with Crippen LogP contribution in [0.25, 0.3) is 10.6 Å². The third-order valence-electron chi connectivity index (χ3n) is 4.71. The molecule has 3 rings (SSSR count). The Labute approximate surface area is 204 Å². The van der Waals surface area contributed by atoms with Crippen LogP contribution in [0, 0.1) is 5.92 Å². The van der Waals surface area contributed by atoms with E-state index in [0.717, 1.165) is 5.56 Å². The first-order valence-corrected chi connectivity index (χ1v) is 11.6. The van der Waals surface area contributed by atoms with E-state index in [1.165, 1.54) is 17.4 Å². The normalized spacial score (nSPS) is 12.7. The molecule has 168 valence electrons. The van der Waals surface area contributed by atoms with E-state index in [1.807, 2.05) is 26.0 Å². The number of rotatable bonds is 7. The molecule has 0 aliphatic heterocycles. The molecule has 11 heteroatoms. The van der Waals surface area contributed by atoms with Gasteiger partial charge in [-0.2, -0.15) is 0 Å². The van der Waals surface area contributed by atoms with Gasteiger partial charge in [0, 0.05) is 16.3 Å². The molecule has 7 nitrogen and oxygen atoms in total. The first-order chi connectivity index (χ1) is 15.3. The van der Waals surface area contributed by atoms with Crippen molar-refractivity contribution >= 4 is 68.9 Å². The number of halogens is 3. The number of aromatic nitrogens is 2. The lowest BCUT2D eigenvalue weighted by Crippen LogP contribution is -2.49. The number of amides is 3. The van der Waals surface area contributed by atoms with Crippen molar-refractivity contribution in [3.8, 4) is 10.6 Å². The monoisotopic (exact) mass is 511 g/mol. The minimum absolute atomic E-state index is 0.127. The Morgan fingerprint density at radius 3 is 2.38 bits per heavy atom. The molecule has 0 aliphatic carbocycles. The molecule has 32 heavy (non-hydrogen) atoms. The van der Waals surface area contributed by atoms with E-state index in [9.17, 15) is 9.59 Å². The Bertz CT molecular complexity index is 1110. The fourth-order valence-corrected chi connectivity index (χ4v) is 3.93. The average molecular weight is 513 g/mol. The fourth-order valence-electron chi connectivity index (χ4n) is 2.75. The lowest BCUT2D eigenvalue weighted by Gasteiger charge is -2.23. The van der Waals surface area contributed by atoms with Crippen molar-refractivity contribution in [1.29, 1.82) is 0 Å². The number of nitrogens with zero attached hydrogens (tertiary/aromatic N) is 2. The average Bonchev–Trinajstić information content (AvgIpc) is 3.23. The predicted molar refractivity (Wildman–Crippen MR) is 131 cm³/mol. The SMILES string of the molecule is CCC(C)C(NC(=O)Nc1ccc(Cl)c(Cl)c1)C(=O)Nc1nnc(-c2ccc(Cl)cc2)s1. The standard InChI is InChI=1S/C21H20Cl3N5O2S/c1-3-11(2)17(26-20(31)25-14-8-9-15(23)16(24)10-14)18(30)27-21-29-28-19(32-21)12-4-6-13(22)7-5-12/h4-11,17H,3H2,1-2H3,(H2,25,26,31)(H,27,29,30). The van der Waals surface area contributed by atoms with Crippen LogP contribution in [0.1, 0.15) is 20.3 Å². The molecule has 0 radical (unpaired) electrons.